The van der Waals surface area contributed by atoms with E-state index in [9.17, 15) is 9.59 Å². The predicted molar refractivity (Wildman–Crippen MR) is 175 cm³/mol. The maximum atomic E-state index is 14.0. The van der Waals surface area contributed by atoms with Gasteiger partial charge in [0.1, 0.15) is 5.82 Å². The first-order valence-corrected chi connectivity index (χ1v) is 16.0. The number of aryl methyl sites for hydroxylation is 3. The molecule has 1 amide bonds. The van der Waals surface area contributed by atoms with E-state index in [2.05, 4.69) is 52.7 Å². The number of nitrogens with zero attached hydrogens (tertiary/aromatic N) is 3. The number of hydrogen-bond acceptors (Lipinski definition) is 4. The van der Waals surface area contributed by atoms with Crippen LogP contribution in [0, 0.1) is 0 Å². The number of fused-ring (bicyclic) bond motifs is 2. The lowest BCUT2D eigenvalue weighted by Crippen LogP contribution is -2.52. The molecule has 0 bridgehead atoms. The molecule has 0 saturated heterocycles. The third-order valence-corrected chi connectivity index (χ3v) is 10.1. The summed E-state index contributed by atoms with van der Waals surface area (Å²) in [6, 6.07) is 12.4. The molecule has 7 nitrogen and oxygen atoms in total. The molecule has 226 valence electrons. The van der Waals surface area contributed by atoms with E-state index >= 15 is 0 Å². The smallest absolute Gasteiger partial charge is 0.252 e. The summed E-state index contributed by atoms with van der Waals surface area (Å²) in [6.07, 6.45) is 15.5. The Morgan fingerprint density at radius 1 is 1.05 bits per heavy atom. The topological polar surface area (TPSA) is 82.1 Å². The fraction of sp³-hybridized carbons (Fsp3) is 0.378. The van der Waals surface area contributed by atoms with Crippen molar-refractivity contribution in [1.29, 1.82) is 0 Å². The highest BCUT2D eigenvalue weighted by Gasteiger charge is 2.44. The van der Waals surface area contributed by atoms with E-state index in [1.54, 1.807) is 19.3 Å². The zero-order chi connectivity index (χ0) is 30.6. The second-order valence-electron chi connectivity index (χ2n) is 12.8. The molecule has 44 heavy (non-hydrogen) atoms. The molecule has 2 saturated carbocycles. The minimum absolute atomic E-state index is 0.0231. The van der Waals surface area contributed by atoms with E-state index in [0.29, 0.717) is 11.5 Å². The Morgan fingerprint density at radius 3 is 2.50 bits per heavy atom. The molecule has 3 heterocycles. The van der Waals surface area contributed by atoms with E-state index in [4.69, 9.17) is 9.40 Å². The second-order valence-corrected chi connectivity index (χ2v) is 12.8. The number of furan rings is 1. The number of amides is 1. The highest BCUT2D eigenvalue weighted by molar-refractivity contribution is 6.01. The molecule has 3 aromatic heterocycles. The normalized spacial score (nSPS) is 16.7. The van der Waals surface area contributed by atoms with Crippen LogP contribution in [0.4, 0.5) is 0 Å². The standard InChI is InChI=1S/C37H40N4O3/c1-5-24-19-30-32(20-26(24)12-11-23(2)42)41(4)36(38-30)37(16-8-17-37)39-35(43)27-13-14-29-31(21-27)40(3)34(28-15-18-44-22-28)33(29)25-9-6-7-10-25/h11-15,18-22,25H,5-10,16-17H2,1-4H3,(H,39,43)/b12-11+. The van der Waals surface area contributed by atoms with Crippen molar-refractivity contribution < 1.29 is 14.0 Å². The van der Waals surface area contributed by atoms with Crippen LogP contribution < -0.4 is 5.32 Å². The van der Waals surface area contributed by atoms with E-state index < -0.39 is 5.54 Å². The van der Waals surface area contributed by atoms with Crippen LogP contribution in [0.2, 0.25) is 0 Å². The summed E-state index contributed by atoms with van der Waals surface area (Å²) in [6.45, 7) is 3.68. The van der Waals surface area contributed by atoms with E-state index in [1.165, 1.54) is 42.3 Å². The van der Waals surface area contributed by atoms with Gasteiger partial charge in [-0.1, -0.05) is 31.9 Å². The third kappa shape index (κ3) is 4.61. The van der Waals surface area contributed by atoms with Gasteiger partial charge in [0.2, 0.25) is 0 Å². The van der Waals surface area contributed by atoms with Crippen LogP contribution in [0.3, 0.4) is 0 Å². The van der Waals surface area contributed by atoms with Gasteiger partial charge in [-0.05, 0) is 104 Å². The van der Waals surface area contributed by atoms with Gasteiger partial charge in [0.05, 0.1) is 34.8 Å². The highest BCUT2D eigenvalue weighted by Crippen LogP contribution is 2.45. The number of allylic oxidation sites excluding steroid dienone is 1. The predicted octanol–water partition coefficient (Wildman–Crippen LogP) is 7.96. The van der Waals surface area contributed by atoms with Crippen molar-refractivity contribution in [3.05, 3.63) is 83.1 Å². The summed E-state index contributed by atoms with van der Waals surface area (Å²) in [5.41, 5.74) is 8.95. The van der Waals surface area contributed by atoms with Gasteiger partial charge in [-0.15, -0.1) is 0 Å². The molecular weight excluding hydrogens is 548 g/mol. The first-order chi connectivity index (χ1) is 21.3. The quantitative estimate of drug-likeness (QED) is 0.187. The summed E-state index contributed by atoms with van der Waals surface area (Å²) in [4.78, 5) is 30.7. The lowest BCUT2D eigenvalue weighted by molar-refractivity contribution is -0.112. The molecule has 5 aromatic rings. The molecule has 0 unspecified atom stereocenters. The second kappa shape index (κ2) is 11.0. The monoisotopic (exact) mass is 588 g/mol. The van der Waals surface area contributed by atoms with Gasteiger partial charge in [0.15, 0.2) is 5.78 Å². The lowest BCUT2D eigenvalue weighted by atomic mass is 9.75. The van der Waals surface area contributed by atoms with E-state index in [1.807, 2.05) is 31.5 Å². The average Bonchev–Trinajstić information content (AvgIpc) is 3.81. The van der Waals surface area contributed by atoms with Gasteiger partial charge in [-0.3, -0.25) is 9.59 Å². The summed E-state index contributed by atoms with van der Waals surface area (Å²) in [7, 11) is 4.13. The molecule has 1 N–H and O–H groups in total. The maximum Gasteiger partial charge on any atom is 0.252 e. The van der Waals surface area contributed by atoms with Crippen LogP contribution in [0.1, 0.15) is 97.6 Å². The number of ketones is 1. The zero-order valence-electron chi connectivity index (χ0n) is 26.1. The Hall–Kier alpha value is -4.39. The van der Waals surface area contributed by atoms with Crippen molar-refractivity contribution in [3.8, 4) is 11.3 Å². The number of carbonyl (C=O) groups excluding carboxylic acids is 2. The molecule has 2 fully saturated rings. The molecule has 0 spiro atoms. The van der Waals surface area contributed by atoms with Crippen LogP contribution in [-0.2, 0) is 30.8 Å². The van der Waals surface area contributed by atoms with Crippen LogP contribution in [0.5, 0.6) is 0 Å². The largest absolute Gasteiger partial charge is 0.472 e. The fourth-order valence-corrected chi connectivity index (χ4v) is 7.60. The molecule has 7 rings (SSSR count). The summed E-state index contributed by atoms with van der Waals surface area (Å²) < 4.78 is 9.84. The molecule has 2 aliphatic carbocycles. The van der Waals surface area contributed by atoms with Gasteiger partial charge < -0.3 is 18.9 Å². The molecular formula is C37H40N4O3. The van der Waals surface area contributed by atoms with Gasteiger partial charge in [0.25, 0.3) is 5.91 Å². The number of aromatic nitrogens is 3. The van der Waals surface area contributed by atoms with Crippen LogP contribution in [0.15, 0.2) is 59.4 Å². The Balaban J connectivity index is 1.25. The summed E-state index contributed by atoms with van der Waals surface area (Å²) in [5, 5.41) is 4.65. The van der Waals surface area contributed by atoms with Gasteiger partial charge in [-0.2, -0.15) is 0 Å². The number of hydrogen-bond donors (Lipinski definition) is 1. The number of imidazole rings is 1. The molecule has 0 aliphatic heterocycles. The van der Waals surface area contributed by atoms with Gasteiger partial charge >= 0.3 is 0 Å². The van der Waals surface area contributed by atoms with Crippen molar-refractivity contribution in [2.24, 2.45) is 14.1 Å². The number of nitrogens with one attached hydrogen (secondary N) is 1. The summed E-state index contributed by atoms with van der Waals surface area (Å²) in [5.74, 6) is 1.35. The Labute approximate surface area is 258 Å². The van der Waals surface area contributed by atoms with Crippen molar-refractivity contribution in [2.45, 2.75) is 76.7 Å². The van der Waals surface area contributed by atoms with Crippen LogP contribution in [0.25, 0.3) is 39.3 Å². The Morgan fingerprint density at radius 2 is 1.84 bits per heavy atom. The lowest BCUT2D eigenvalue weighted by Gasteiger charge is -2.41. The fourth-order valence-electron chi connectivity index (χ4n) is 7.60. The Kier molecular flexibility index (Phi) is 7.07. The number of rotatable bonds is 8. The first-order valence-electron chi connectivity index (χ1n) is 16.0. The Bertz CT molecular complexity index is 1930. The SMILES string of the molecule is CCc1cc2nc(C3(NC(=O)c4ccc5c(C6CCCC6)c(-c6ccoc6)n(C)c5c4)CCC3)n(C)c2cc1/C=C/C(C)=O. The zero-order valence-corrected chi connectivity index (χ0v) is 26.1. The van der Waals surface area contributed by atoms with E-state index in [0.717, 1.165) is 64.7 Å². The van der Waals surface area contributed by atoms with E-state index in [-0.39, 0.29) is 11.7 Å². The molecule has 2 aromatic carbocycles. The van der Waals surface area contributed by atoms with Crippen molar-refractivity contribution in [2.75, 3.05) is 0 Å². The molecule has 0 radical (unpaired) electrons. The van der Waals surface area contributed by atoms with Crippen molar-refractivity contribution >= 4 is 39.7 Å². The maximum absolute atomic E-state index is 14.0. The van der Waals surface area contributed by atoms with Crippen LogP contribution >= 0.6 is 0 Å². The molecule has 2 aliphatic rings. The minimum Gasteiger partial charge on any atom is -0.472 e. The number of benzene rings is 2. The first kappa shape index (κ1) is 28.4. The number of carbonyl (C=O) groups is 2. The average molecular weight is 589 g/mol. The van der Waals surface area contributed by atoms with Crippen molar-refractivity contribution in [3.63, 3.8) is 0 Å². The van der Waals surface area contributed by atoms with Gasteiger partial charge in [-0.25, -0.2) is 4.98 Å². The van der Waals surface area contributed by atoms with Gasteiger partial charge in [0, 0.05) is 36.1 Å². The minimum atomic E-state index is -0.521. The molecule has 0 atom stereocenters. The van der Waals surface area contributed by atoms with Crippen molar-refractivity contribution in [1.82, 2.24) is 19.4 Å². The third-order valence-electron chi connectivity index (χ3n) is 10.1. The summed E-state index contributed by atoms with van der Waals surface area (Å²) >= 11 is 0. The van der Waals surface area contributed by atoms with Crippen LogP contribution in [-0.4, -0.2) is 25.8 Å². The molecule has 7 heteroatoms. The highest BCUT2D eigenvalue weighted by atomic mass is 16.3.